The van der Waals surface area contributed by atoms with Crippen molar-refractivity contribution >= 4 is 16.6 Å². The predicted octanol–water partition coefficient (Wildman–Crippen LogP) is 3.68. The van der Waals surface area contributed by atoms with Gasteiger partial charge in [0.2, 0.25) is 5.78 Å². The van der Waals surface area contributed by atoms with Gasteiger partial charge in [-0.2, -0.15) is 0 Å². The summed E-state index contributed by atoms with van der Waals surface area (Å²) in [7, 11) is 0. The van der Waals surface area contributed by atoms with Gasteiger partial charge in [0.1, 0.15) is 0 Å². The molecule has 3 heteroatoms. The standard InChI is InChI=1S/C17H16N2O/c1-2-11-19-12-10-18-17(19)16(20)15-9-5-7-13-6-3-4-8-14(13)15/h3-10,12H,2,11H2,1H3. The molecule has 1 heterocycles. The van der Waals surface area contributed by atoms with Crippen LogP contribution in [0.4, 0.5) is 0 Å². The highest BCUT2D eigenvalue weighted by atomic mass is 16.1. The van der Waals surface area contributed by atoms with Crippen molar-refractivity contribution in [3.05, 3.63) is 66.2 Å². The van der Waals surface area contributed by atoms with Gasteiger partial charge in [-0.05, 0) is 17.2 Å². The minimum absolute atomic E-state index is 0.0137. The molecule has 0 aliphatic rings. The zero-order chi connectivity index (χ0) is 13.9. The molecule has 0 fully saturated rings. The summed E-state index contributed by atoms with van der Waals surface area (Å²) in [5.41, 5.74) is 0.714. The molecule has 100 valence electrons. The summed E-state index contributed by atoms with van der Waals surface area (Å²) in [6, 6.07) is 13.7. The first-order valence-electron chi connectivity index (χ1n) is 6.85. The van der Waals surface area contributed by atoms with Crippen LogP contribution in [-0.4, -0.2) is 15.3 Å². The summed E-state index contributed by atoms with van der Waals surface area (Å²) in [4.78, 5) is 17.0. The van der Waals surface area contributed by atoms with Crippen LogP contribution < -0.4 is 0 Å². The molecule has 0 atom stereocenters. The van der Waals surface area contributed by atoms with Gasteiger partial charge in [-0.1, -0.05) is 49.4 Å². The van der Waals surface area contributed by atoms with Crippen molar-refractivity contribution in [2.75, 3.05) is 0 Å². The molecule has 0 spiro atoms. The van der Waals surface area contributed by atoms with Crippen molar-refractivity contribution in [1.82, 2.24) is 9.55 Å². The van der Waals surface area contributed by atoms with E-state index < -0.39 is 0 Å². The zero-order valence-electron chi connectivity index (χ0n) is 11.4. The van der Waals surface area contributed by atoms with Crippen LogP contribution in [-0.2, 0) is 6.54 Å². The van der Waals surface area contributed by atoms with Crippen molar-refractivity contribution in [3.63, 3.8) is 0 Å². The Kier molecular flexibility index (Phi) is 3.33. The molecule has 3 aromatic rings. The molecule has 20 heavy (non-hydrogen) atoms. The fourth-order valence-electron chi connectivity index (χ4n) is 2.48. The lowest BCUT2D eigenvalue weighted by Crippen LogP contribution is -2.11. The number of imidazole rings is 1. The number of carbonyl (C=O) groups is 1. The van der Waals surface area contributed by atoms with E-state index in [1.54, 1.807) is 6.20 Å². The van der Waals surface area contributed by atoms with E-state index in [1.165, 1.54) is 0 Å². The van der Waals surface area contributed by atoms with Crippen molar-refractivity contribution in [2.45, 2.75) is 19.9 Å². The van der Waals surface area contributed by atoms with Crippen molar-refractivity contribution in [3.8, 4) is 0 Å². The zero-order valence-corrected chi connectivity index (χ0v) is 11.4. The van der Waals surface area contributed by atoms with Gasteiger partial charge in [0, 0.05) is 24.5 Å². The lowest BCUT2D eigenvalue weighted by molar-refractivity contribution is 0.102. The van der Waals surface area contributed by atoms with Gasteiger partial charge in [0.05, 0.1) is 0 Å². The van der Waals surface area contributed by atoms with Crippen LogP contribution in [0.2, 0.25) is 0 Å². The van der Waals surface area contributed by atoms with Crippen LogP contribution >= 0.6 is 0 Å². The van der Waals surface area contributed by atoms with Crippen molar-refractivity contribution in [1.29, 1.82) is 0 Å². The summed E-state index contributed by atoms with van der Waals surface area (Å²) in [5, 5.41) is 2.05. The molecular weight excluding hydrogens is 248 g/mol. The quantitative estimate of drug-likeness (QED) is 0.674. The molecule has 3 rings (SSSR count). The molecule has 0 amide bonds. The molecule has 0 radical (unpaired) electrons. The number of fused-ring (bicyclic) bond motifs is 1. The van der Waals surface area contributed by atoms with Crippen LogP contribution in [0.3, 0.4) is 0 Å². The molecule has 0 aliphatic heterocycles. The summed E-state index contributed by atoms with van der Waals surface area (Å²) in [6.45, 7) is 2.90. The Morgan fingerprint density at radius 3 is 2.80 bits per heavy atom. The summed E-state index contributed by atoms with van der Waals surface area (Å²) in [6.07, 6.45) is 4.53. The van der Waals surface area contributed by atoms with Crippen LogP contribution in [0.5, 0.6) is 0 Å². The first-order chi connectivity index (χ1) is 9.81. The van der Waals surface area contributed by atoms with Gasteiger partial charge in [0.15, 0.2) is 5.82 Å². The Bertz CT molecular complexity index is 753. The van der Waals surface area contributed by atoms with E-state index in [0.717, 1.165) is 23.7 Å². The van der Waals surface area contributed by atoms with E-state index in [9.17, 15) is 4.79 Å². The topological polar surface area (TPSA) is 34.9 Å². The number of ketones is 1. The third-order valence-electron chi connectivity index (χ3n) is 3.42. The second-order valence-corrected chi connectivity index (χ2v) is 4.80. The van der Waals surface area contributed by atoms with Gasteiger partial charge in [-0.3, -0.25) is 4.79 Å². The molecule has 0 saturated heterocycles. The Morgan fingerprint density at radius 2 is 1.95 bits per heavy atom. The summed E-state index contributed by atoms with van der Waals surface area (Å²) < 4.78 is 1.92. The lowest BCUT2D eigenvalue weighted by atomic mass is 10.0. The second-order valence-electron chi connectivity index (χ2n) is 4.80. The number of aromatic nitrogens is 2. The number of aryl methyl sites for hydroxylation is 1. The Morgan fingerprint density at radius 1 is 1.15 bits per heavy atom. The highest BCUT2D eigenvalue weighted by Crippen LogP contribution is 2.21. The SMILES string of the molecule is CCCn1ccnc1C(=O)c1cccc2ccccc12. The van der Waals surface area contributed by atoms with Gasteiger partial charge in [-0.15, -0.1) is 0 Å². The molecule has 1 aromatic heterocycles. The van der Waals surface area contributed by atoms with Gasteiger partial charge >= 0.3 is 0 Å². The third-order valence-corrected chi connectivity index (χ3v) is 3.42. The van der Waals surface area contributed by atoms with E-state index in [1.807, 2.05) is 53.2 Å². The normalized spacial score (nSPS) is 10.8. The van der Waals surface area contributed by atoms with E-state index in [-0.39, 0.29) is 5.78 Å². The molecule has 3 nitrogen and oxygen atoms in total. The van der Waals surface area contributed by atoms with Crippen LogP contribution in [0.25, 0.3) is 10.8 Å². The van der Waals surface area contributed by atoms with Crippen molar-refractivity contribution < 1.29 is 4.79 Å². The molecule has 0 aliphatic carbocycles. The predicted molar refractivity (Wildman–Crippen MR) is 79.9 cm³/mol. The number of nitrogens with zero attached hydrogens (tertiary/aromatic N) is 2. The Balaban J connectivity index is 2.11. The average Bonchev–Trinajstić information content (AvgIpc) is 2.94. The van der Waals surface area contributed by atoms with Gasteiger partial charge in [0.25, 0.3) is 0 Å². The van der Waals surface area contributed by atoms with Crippen molar-refractivity contribution in [2.24, 2.45) is 0 Å². The Labute approximate surface area is 117 Å². The minimum Gasteiger partial charge on any atom is -0.328 e. The average molecular weight is 264 g/mol. The van der Waals surface area contributed by atoms with E-state index >= 15 is 0 Å². The molecule has 0 N–H and O–H groups in total. The highest BCUT2D eigenvalue weighted by Gasteiger charge is 2.16. The maximum absolute atomic E-state index is 12.7. The molecule has 0 unspecified atom stereocenters. The molecule has 0 saturated carbocycles. The highest BCUT2D eigenvalue weighted by molar-refractivity contribution is 6.14. The lowest BCUT2D eigenvalue weighted by Gasteiger charge is -2.07. The monoisotopic (exact) mass is 264 g/mol. The summed E-state index contributed by atoms with van der Waals surface area (Å²) in [5.74, 6) is 0.503. The van der Waals surface area contributed by atoms with E-state index in [0.29, 0.717) is 11.4 Å². The smallest absolute Gasteiger partial charge is 0.229 e. The van der Waals surface area contributed by atoms with E-state index in [2.05, 4.69) is 11.9 Å². The fraction of sp³-hybridized carbons (Fsp3) is 0.176. The number of rotatable bonds is 4. The minimum atomic E-state index is -0.0137. The first kappa shape index (κ1) is 12.6. The second kappa shape index (κ2) is 5.29. The maximum atomic E-state index is 12.7. The maximum Gasteiger partial charge on any atom is 0.229 e. The first-order valence-corrected chi connectivity index (χ1v) is 6.85. The number of carbonyl (C=O) groups excluding carboxylic acids is 1. The van der Waals surface area contributed by atoms with Crippen LogP contribution in [0, 0.1) is 0 Å². The number of benzene rings is 2. The van der Waals surface area contributed by atoms with Gasteiger partial charge in [-0.25, -0.2) is 4.98 Å². The number of hydrogen-bond acceptors (Lipinski definition) is 2. The number of hydrogen-bond donors (Lipinski definition) is 0. The third kappa shape index (κ3) is 2.11. The van der Waals surface area contributed by atoms with E-state index in [4.69, 9.17) is 0 Å². The van der Waals surface area contributed by atoms with Gasteiger partial charge < -0.3 is 4.57 Å². The Hall–Kier alpha value is -2.42. The largest absolute Gasteiger partial charge is 0.328 e. The van der Waals surface area contributed by atoms with Crippen LogP contribution in [0.1, 0.15) is 29.5 Å². The summed E-state index contributed by atoms with van der Waals surface area (Å²) >= 11 is 0. The molecule has 2 aromatic carbocycles. The molecular formula is C17H16N2O. The molecule has 0 bridgehead atoms. The van der Waals surface area contributed by atoms with Crippen LogP contribution in [0.15, 0.2) is 54.9 Å². The fourth-order valence-corrected chi connectivity index (χ4v) is 2.48.